The molecule has 0 spiro atoms. The Morgan fingerprint density at radius 2 is 1.71 bits per heavy atom. The van der Waals surface area contributed by atoms with Crippen LogP contribution >= 0.6 is 0 Å². The van der Waals surface area contributed by atoms with Crippen LogP contribution in [0.15, 0.2) is 48.5 Å². The first-order valence-electron chi connectivity index (χ1n) is 6.73. The van der Waals surface area contributed by atoms with Crippen molar-refractivity contribution in [2.24, 2.45) is 0 Å². The second kappa shape index (κ2) is 7.09. The van der Waals surface area contributed by atoms with E-state index >= 15 is 0 Å². The smallest absolute Gasteiger partial charge is 0.269 e. The van der Waals surface area contributed by atoms with Gasteiger partial charge in [-0.15, -0.1) is 0 Å². The number of nitro groups is 1. The number of Topliss-reactive ketones (excluding diaryl/α,β-unsaturated/α-hetero) is 1. The number of carbonyl (C=O) groups is 1. The zero-order chi connectivity index (χ0) is 17.7. The van der Waals surface area contributed by atoms with E-state index in [0.29, 0.717) is 17.0 Å². The highest BCUT2D eigenvalue weighted by Crippen LogP contribution is 2.18. The first kappa shape index (κ1) is 17.4. The predicted octanol–water partition coefficient (Wildman–Crippen LogP) is 2.23. The molecule has 2 aromatic rings. The molecule has 0 bridgehead atoms. The summed E-state index contributed by atoms with van der Waals surface area (Å²) in [6, 6.07) is 11.3. The lowest BCUT2D eigenvalue weighted by Crippen LogP contribution is -2.12. The molecule has 2 aromatic carbocycles. The lowest BCUT2D eigenvalue weighted by atomic mass is 10.1. The molecule has 0 heterocycles. The van der Waals surface area contributed by atoms with E-state index in [-0.39, 0.29) is 18.1 Å². The Hall–Kier alpha value is -2.94. The lowest BCUT2D eigenvalue weighted by Gasteiger charge is -2.07. The summed E-state index contributed by atoms with van der Waals surface area (Å²) in [7, 11) is -3.37. The van der Waals surface area contributed by atoms with Gasteiger partial charge in [0.2, 0.25) is 10.0 Å². The van der Waals surface area contributed by atoms with Crippen molar-refractivity contribution in [3.8, 4) is 5.75 Å². The number of benzene rings is 2. The van der Waals surface area contributed by atoms with E-state index in [1.54, 1.807) is 0 Å². The van der Waals surface area contributed by atoms with Crippen LogP contribution in [0, 0.1) is 10.1 Å². The molecule has 0 aliphatic carbocycles. The third-order valence-electron chi connectivity index (χ3n) is 2.93. The van der Waals surface area contributed by atoms with Gasteiger partial charge in [0, 0.05) is 23.4 Å². The van der Waals surface area contributed by atoms with Crippen molar-refractivity contribution in [3.05, 3.63) is 64.2 Å². The van der Waals surface area contributed by atoms with Crippen LogP contribution in [0.1, 0.15) is 10.4 Å². The molecule has 0 fully saturated rings. The zero-order valence-corrected chi connectivity index (χ0v) is 13.4. The van der Waals surface area contributed by atoms with Gasteiger partial charge in [-0.25, -0.2) is 8.42 Å². The molecule has 0 atom stereocenters. The van der Waals surface area contributed by atoms with Crippen LogP contribution in [-0.4, -0.2) is 32.0 Å². The van der Waals surface area contributed by atoms with Crippen LogP contribution in [0.4, 0.5) is 11.4 Å². The van der Waals surface area contributed by atoms with Crippen molar-refractivity contribution in [2.45, 2.75) is 0 Å². The average Bonchev–Trinajstić information content (AvgIpc) is 2.52. The van der Waals surface area contributed by atoms with E-state index in [9.17, 15) is 23.3 Å². The van der Waals surface area contributed by atoms with Gasteiger partial charge in [-0.05, 0) is 36.4 Å². The van der Waals surface area contributed by atoms with E-state index in [1.807, 2.05) is 0 Å². The fourth-order valence-electron chi connectivity index (χ4n) is 1.83. The highest BCUT2D eigenvalue weighted by Gasteiger charge is 2.09. The summed E-state index contributed by atoms with van der Waals surface area (Å²) < 4.78 is 29.8. The highest BCUT2D eigenvalue weighted by atomic mass is 32.2. The largest absolute Gasteiger partial charge is 0.485 e. The number of sulfonamides is 1. The maximum atomic E-state index is 12.0. The van der Waals surface area contributed by atoms with E-state index < -0.39 is 14.9 Å². The Labute approximate surface area is 138 Å². The number of hydrogen-bond donors (Lipinski definition) is 1. The topological polar surface area (TPSA) is 116 Å². The Morgan fingerprint density at radius 3 is 2.21 bits per heavy atom. The van der Waals surface area contributed by atoms with Gasteiger partial charge in [-0.2, -0.15) is 0 Å². The number of ether oxygens (including phenoxy) is 1. The van der Waals surface area contributed by atoms with Crippen molar-refractivity contribution in [3.63, 3.8) is 0 Å². The molecule has 0 aromatic heterocycles. The van der Waals surface area contributed by atoms with Crippen LogP contribution in [0.5, 0.6) is 5.75 Å². The van der Waals surface area contributed by atoms with E-state index in [2.05, 4.69) is 4.72 Å². The first-order chi connectivity index (χ1) is 11.2. The summed E-state index contributed by atoms with van der Waals surface area (Å²) >= 11 is 0. The molecule has 126 valence electrons. The normalized spacial score (nSPS) is 10.9. The Balaban J connectivity index is 1.96. The summed E-state index contributed by atoms with van der Waals surface area (Å²) in [6.45, 7) is -0.239. The predicted molar refractivity (Wildman–Crippen MR) is 87.8 cm³/mol. The number of ketones is 1. The van der Waals surface area contributed by atoms with Gasteiger partial charge < -0.3 is 4.74 Å². The highest BCUT2D eigenvalue weighted by molar-refractivity contribution is 7.92. The summed E-state index contributed by atoms with van der Waals surface area (Å²) in [5.74, 6) is 0.0311. The summed E-state index contributed by atoms with van der Waals surface area (Å²) in [5, 5.41) is 10.5. The van der Waals surface area contributed by atoms with Crippen LogP contribution in [-0.2, 0) is 10.0 Å². The third kappa shape index (κ3) is 5.06. The second-order valence-electron chi connectivity index (χ2n) is 4.91. The van der Waals surface area contributed by atoms with Crippen molar-refractivity contribution in [1.29, 1.82) is 0 Å². The van der Waals surface area contributed by atoms with Gasteiger partial charge in [0.25, 0.3) is 5.69 Å². The van der Waals surface area contributed by atoms with E-state index in [0.717, 1.165) is 6.26 Å². The monoisotopic (exact) mass is 350 g/mol. The van der Waals surface area contributed by atoms with E-state index in [4.69, 9.17) is 4.74 Å². The molecule has 1 N–H and O–H groups in total. The standard InChI is InChI=1S/C15H14N2O6S/c1-24(21,22)16-12-4-2-11(3-5-12)15(18)10-23-14-8-6-13(7-9-14)17(19)20/h2-9,16H,10H2,1H3. The van der Waals surface area contributed by atoms with Gasteiger partial charge in [0.1, 0.15) is 5.75 Å². The SMILES string of the molecule is CS(=O)(=O)Nc1ccc(C(=O)COc2ccc([N+](=O)[O-])cc2)cc1. The lowest BCUT2D eigenvalue weighted by molar-refractivity contribution is -0.384. The minimum absolute atomic E-state index is 0.0670. The van der Waals surface area contributed by atoms with Gasteiger partial charge in [-0.1, -0.05) is 0 Å². The molecular formula is C15H14N2O6S. The van der Waals surface area contributed by atoms with Crippen molar-refractivity contribution in [1.82, 2.24) is 0 Å². The number of nitrogens with one attached hydrogen (secondary N) is 1. The van der Waals surface area contributed by atoms with Gasteiger partial charge in [-0.3, -0.25) is 19.6 Å². The third-order valence-corrected chi connectivity index (χ3v) is 3.53. The minimum Gasteiger partial charge on any atom is -0.485 e. The van der Waals surface area contributed by atoms with Crippen molar-refractivity contribution < 1.29 is 22.9 Å². The number of nitro benzene ring substituents is 1. The molecule has 0 aliphatic rings. The summed E-state index contributed by atoms with van der Waals surface area (Å²) in [4.78, 5) is 22.0. The molecule has 2 rings (SSSR count). The fraction of sp³-hybridized carbons (Fsp3) is 0.133. The molecule has 24 heavy (non-hydrogen) atoms. The number of rotatable bonds is 7. The van der Waals surface area contributed by atoms with Gasteiger partial charge >= 0.3 is 0 Å². The Bertz CT molecular complexity index is 845. The Morgan fingerprint density at radius 1 is 1.12 bits per heavy atom. The van der Waals surface area contributed by atoms with Crippen LogP contribution in [0.3, 0.4) is 0 Å². The van der Waals surface area contributed by atoms with Crippen LogP contribution < -0.4 is 9.46 Å². The number of carbonyl (C=O) groups excluding carboxylic acids is 1. The zero-order valence-electron chi connectivity index (χ0n) is 12.6. The maximum absolute atomic E-state index is 12.0. The van der Waals surface area contributed by atoms with Gasteiger partial charge in [0.15, 0.2) is 12.4 Å². The number of non-ortho nitro benzene ring substituents is 1. The quantitative estimate of drug-likeness (QED) is 0.465. The minimum atomic E-state index is -3.37. The van der Waals surface area contributed by atoms with Crippen LogP contribution in [0.25, 0.3) is 0 Å². The molecule has 0 saturated heterocycles. The summed E-state index contributed by atoms with van der Waals surface area (Å²) in [5.41, 5.74) is 0.643. The molecular weight excluding hydrogens is 336 g/mol. The summed E-state index contributed by atoms with van der Waals surface area (Å²) in [6.07, 6.45) is 1.03. The van der Waals surface area contributed by atoms with Crippen molar-refractivity contribution >= 4 is 27.2 Å². The van der Waals surface area contributed by atoms with E-state index in [1.165, 1.54) is 48.5 Å². The molecule has 8 nitrogen and oxygen atoms in total. The molecule has 9 heteroatoms. The average molecular weight is 350 g/mol. The Kier molecular flexibility index (Phi) is 5.14. The fourth-order valence-corrected chi connectivity index (χ4v) is 2.40. The number of nitrogens with zero attached hydrogens (tertiary/aromatic N) is 1. The van der Waals surface area contributed by atoms with Gasteiger partial charge in [0.05, 0.1) is 11.2 Å². The molecule has 0 unspecified atom stereocenters. The van der Waals surface area contributed by atoms with Crippen LogP contribution in [0.2, 0.25) is 0 Å². The second-order valence-corrected chi connectivity index (χ2v) is 6.66. The number of hydrogen-bond acceptors (Lipinski definition) is 6. The molecule has 0 aliphatic heterocycles. The van der Waals surface area contributed by atoms with Crippen molar-refractivity contribution in [2.75, 3.05) is 17.6 Å². The first-order valence-corrected chi connectivity index (χ1v) is 8.62. The molecule has 0 saturated carbocycles. The maximum Gasteiger partial charge on any atom is 0.269 e. The molecule has 0 radical (unpaired) electrons. The number of anilines is 1. The molecule has 0 amide bonds.